The van der Waals surface area contributed by atoms with Crippen LogP contribution in [0.4, 0.5) is 5.69 Å². The molecular weight excluding hydrogens is 248 g/mol. The maximum absolute atomic E-state index is 12.0. The van der Waals surface area contributed by atoms with E-state index in [0.29, 0.717) is 16.4 Å². The zero-order valence-corrected chi connectivity index (χ0v) is 11.0. The normalized spacial score (nSPS) is 10.2. The topological polar surface area (TPSA) is 42.0 Å². The van der Waals surface area contributed by atoms with Crippen LogP contribution in [0.1, 0.15) is 21.7 Å². The maximum atomic E-state index is 12.0. The van der Waals surface area contributed by atoms with Gasteiger partial charge < -0.3 is 5.32 Å². The number of halogens is 1. The quantitative estimate of drug-likeness (QED) is 0.896. The average Bonchev–Trinajstić information content (AvgIpc) is 2.35. The Morgan fingerprint density at radius 3 is 2.61 bits per heavy atom. The van der Waals surface area contributed by atoms with Crippen LogP contribution in [0.15, 0.2) is 36.4 Å². The van der Waals surface area contributed by atoms with Gasteiger partial charge in [-0.25, -0.2) is 4.98 Å². The van der Waals surface area contributed by atoms with Crippen molar-refractivity contribution in [2.45, 2.75) is 13.8 Å². The summed E-state index contributed by atoms with van der Waals surface area (Å²) < 4.78 is 0. The van der Waals surface area contributed by atoms with Crippen LogP contribution in [0.5, 0.6) is 0 Å². The Kier molecular flexibility index (Phi) is 3.63. The number of aromatic nitrogens is 1. The second-order valence-electron chi connectivity index (χ2n) is 4.03. The third-order valence-corrected chi connectivity index (χ3v) is 3.05. The van der Waals surface area contributed by atoms with Crippen LogP contribution in [0.3, 0.4) is 0 Å². The fourth-order valence-electron chi connectivity index (χ4n) is 1.60. The summed E-state index contributed by atoms with van der Waals surface area (Å²) in [5.41, 5.74) is 2.76. The van der Waals surface area contributed by atoms with Gasteiger partial charge in [-0.15, -0.1) is 0 Å². The molecule has 0 saturated heterocycles. The van der Waals surface area contributed by atoms with Crippen molar-refractivity contribution >= 4 is 23.2 Å². The van der Waals surface area contributed by atoms with Crippen molar-refractivity contribution in [1.29, 1.82) is 0 Å². The second-order valence-corrected chi connectivity index (χ2v) is 4.44. The summed E-state index contributed by atoms with van der Waals surface area (Å²) in [6.07, 6.45) is 0. The minimum atomic E-state index is -0.232. The largest absolute Gasteiger partial charge is 0.320 e. The Bertz CT molecular complexity index is 596. The Labute approximate surface area is 111 Å². The number of carbonyl (C=O) groups is 1. The minimum Gasteiger partial charge on any atom is -0.320 e. The molecule has 18 heavy (non-hydrogen) atoms. The van der Waals surface area contributed by atoms with Crippen molar-refractivity contribution in [1.82, 2.24) is 4.98 Å². The van der Waals surface area contributed by atoms with Gasteiger partial charge in [0.2, 0.25) is 0 Å². The first kappa shape index (κ1) is 12.6. The van der Waals surface area contributed by atoms with Crippen LogP contribution in [0.2, 0.25) is 5.02 Å². The molecule has 1 heterocycles. The molecule has 2 rings (SSSR count). The number of carbonyl (C=O) groups excluding carboxylic acids is 1. The molecule has 0 unspecified atom stereocenters. The van der Waals surface area contributed by atoms with E-state index in [-0.39, 0.29) is 5.91 Å². The highest BCUT2D eigenvalue weighted by Gasteiger charge is 2.10. The lowest BCUT2D eigenvalue weighted by molar-refractivity contribution is 0.102. The van der Waals surface area contributed by atoms with Gasteiger partial charge in [-0.3, -0.25) is 4.79 Å². The van der Waals surface area contributed by atoms with Crippen LogP contribution in [-0.2, 0) is 0 Å². The predicted molar refractivity (Wildman–Crippen MR) is 73.1 cm³/mol. The molecule has 4 heteroatoms. The van der Waals surface area contributed by atoms with Crippen LogP contribution < -0.4 is 5.32 Å². The average molecular weight is 261 g/mol. The second kappa shape index (κ2) is 5.19. The van der Waals surface area contributed by atoms with E-state index < -0.39 is 0 Å². The van der Waals surface area contributed by atoms with Crippen molar-refractivity contribution < 1.29 is 4.79 Å². The number of pyridine rings is 1. The van der Waals surface area contributed by atoms with Crippen molar-refractivity contribution in [3.63, 3.8) is 0 Å². The molecule has 1 aromatic heterocycles. The van der Waals surface area contributed by atoms with Crippen LogP contribution in [-0.4, -0.2) is 10.9 Å². The van der Waals surface area contributed by atoms with E-state index in [1.807, 2.05) is 32.0 Å². The van der Waals surface area contributed by atoms with Gasteiger partial charge in [-0.1, -0.05) is 23.7 Å². The first-order valence-electron chi connectivity index (χ1n) is 5.58. The molecular formula is C14H13ClN2O. The van der Waals surface area contributed by atoms with E-state index in [1.54, 1.807) is 18.2 Å². The number of hydrogen-bond acceptors (Lipinski definition) is 2. The molecule has 3 nitrogen and oxygen atoms in total. The van der Waals surface area contributed by atoms with E-state index in [2.05, 4.69) is 10.3 Å². The van der Waals surface area contributed by atoms with Crippen LogP contribution >= 0.6 is 11.6 Å². The number of anilines is 1. The highest BCUT2D eigenvalue weighted by atomic mass is 35.5. The van der Waals surface area contributed by atoms with E-state index >= 15 is 0 Å². The Morgan fingerprint density at radius 1 is 1.17 bits per heavy atom. The molecule has 0 radical (unpaired) electrons. The Balaban J connectivity index is 2.24. The number of nitrogens with zero attached hydrogens (tertiary/aromatic N) is 1. The SMILES string of the molecule is Cc1cccc(C(=O)Nc2cccc(Cl)c2C)n1. The summed E-state index contributed by atoms with van der Waals surface area (Å²) in [6, 6.07) is 10.7. The number of aryl methyl sites for hydroxylation is 1. The van der Waals surface area contributed by atoms with Gasteiger partial charge in [0.25, 0.3) is 5.91 Å². The summed E-state index contributed by atoms with van der Waals surface area (Å²) in [4.78, 5) is 16.2. The summed E-state index contributed by atoms with van der Waals surface area (Å²) in [6.45, 7) is 3.71. The van der Waals surface area contributed by atoms with E-state index in [4.69, 9.17) is 11.6 Å². The van der Waals surface area contributed by atoms with Gasteiger partial charge >= 0.3 is 0 Å². The molecule has 0 aliphatic rings. The maximum Gasteiger partial charge on any atom is 0.274 e. The first-order valence-corrected chi connectivity index (χ1v) is 5.96. The van der Waals surface area contributed by atoms with Gasteiger partial charge in [0.05, 0.1) is 0 Å². The number of benzene rings is 1. The molecule has 2 aromatic rings. The third-order valence-electron chi connectivity index (χ3n) is 2.64. The molecule has 0 aliphatic carbocycles. The van der Waals surface area contributed by atoms with Crippen molar-refractivity contribution in [2.75, 3.05) is 5.32 Å². The van der Waals surface area contributed by atoms with Gasteiger partial charge in [-0.05, 0) is 43.7 Å². The highest BCUT2D eigenvalue weighted by Crippen LogP contribution is 2.23. The standard InChI is InChI=1S/C14H13ClN2O/c1-9-5-3-8-13(16-9)14(18)17-12-7-4-6-11(15)10(12)2/h3-8H,1-2H3,(H,17,18). The fraction of sp³-hybridized carbons (Fsp3) is 0.143. The summed E-state index contributed by atoms with van der Waals surface area (Å²) in [7, 11) is 0. The zero-order valence-electron chi connectivity index (χ0n) is 10.2. The summed E-state index contributed by atoms with van der Waals surface area (Å²) in [5, 5.41) is 3.44. The Morgan fingerprint density at radius 2 is 1.89 bits per heavy atom. The lowest BCUT2D eigenvalue weighted by Crippen LogP contribution is -2.14. The van der Waals surface area contributed by atoms with E-state index in [0.717, 1.165) is 11.3 Å². The van der Waals surface area contributed by atoms with E-state index in [9.17, 15) is 4.79 Å². The molecule has 0 bridgehead atoms. The fourth-order valence-corrected chi connectivity index (χ4v) is 1.77. The molecule has 0 aliphatic heterocycles. The molecule has 0 spiro atoms. The van der Waals surface area contributed by atoms with Gasteiger partial charge in [-0.2, -0.15) is 0 Å². The third kappa shape index (κ3) is 2.68. The predicted octanol–water partition coefficient (Wildman–Crippen LogP) is 3.60. The van der Waals surface area contributed by atoms with Crippen LogP contribution in [0.25, 0.3) is 0 Å². The van der Waals surface area contributed by atoms with Crippen LogP contribution in [0, 0.1) is 13.8 Å². The summed E-state index contributed by atoms with van der Waals surface area (Å²) >= 11 is 6.00. The smallest absolute Gasteiger partial charge is 0.274 e. The molecule has 92 valence electrons. The van der Waals surface area contributed by atoms with Gasteiger partial charge in [0, 0.05) is 16.4 Å². The monoisotopic (exact) mass is 260 g/mol. The molecule has 1 aromatic carbocycles. The first-order chi connectivity index (χ1) is 8.58. The zero-order chi connectivity index (χ0) is 13.1. The lowest BCUT2D eigenvalue weighted by atomic mass is 10.2. The number of nitrogens with one attached hydrogen (secondary N) is 1. The molecule has 0 saturated carbocycles. The van der Waals surface area contributed by atoms with Gasteiger partial charge in [0.15, 0.2) is 0 Å². The lowest BCUT2D eigenvalue weighted by Gasteiger charge is -2.09. The molecule has 0 fully saturated rings. The molecule has 0 atom stereocenters. The number of hydrogen-bond donors (Lipinski definition) is 1. The van der Waals surface area contributed by atoms with Crippen molar-refractivity contribution in [2.24, 2.45) is 0 Å². The number of amides is 1. The van der Waals surface area contributed by atoms with E-state index in [1.165, 1.54) is 0 Å². The Hall–Kier alpha value is -1.87. The molecule has 1 N–H and O–H groups in total. The van der Waals surface area contributed by atoms with Crippen molar-refractivity contribution in [3.8, 4) is 0 Å². The molecule has 1 amide bonds. The van der Waals surface area contributed by atoms with Crippen molar-refractivity contribution in [3.05, 3.63) is 58.4 Å². The van der Waals surface area contributed by atoms with Gasteiger partial charge in [0.1, 0.15) is 5.69 Å². The minimum absolute atomic E-state index is 0.232. The summed E-state index contributed by atoms with van der Waals surface area (Å²) in [5.74, 6) is -0.232. The number of rotatable bonds is 2. The highest BCUT2D eigenvalue weighted by molar-refractivity contribution is 6.31.